The molecule has 4 nitrogen and oxygen atoms in total. The second-order valence-corrected chi connectivity index (χ2v) is 10.7. The summed E-state index contributed by atoms with van der Waals surface area (Å²) in [5, 5.41) is 0. The largest absolute Gasteiger partial charge is 0.464 e. The number of carbonyl (C=O) groups excluding carboxylic acids is 2. The van der Waals surface area contributed by atoms with Crippen molar-refractivity contribution < 1.29 is 14.3 Å². The first-order valence-electron chi connectivity index (χ1n) is 11.4. The van der Waals surface area contributed by atoms with Gasteiger partial charge in [-0.2, -0.15) is 11.8 Å². The lowest BCUT2D eigenvalue weighted by Gasteiger charge is -2.36. The van der Waals surface area contributed by atoms with Gasteiger partial charge in [0.05, 0.1) is 0 Å². The standard InChI is InChI=1S/C27H28BrNO3S/c1-3-33-14-13-32-27(31)24-17(2)29-22-15-20(18-7-5-4-6-8-18)16-23(30)26(22)25(24)19-9-11-21(28)12-10-19/h4-12,20,24-25H,3,13-16H2,1-2H3/t20-,24?,25+/m1/s1. The lowest BCUT2D eigenvalue weighted by Crippen LogP contribution is -2.38. The van der Waals surface area contributed by atoms with Gasteiger partial charge in [-0.25, -0.2) is 0 Å². The summed E-state index contributed by atoms with van der Waals surface area (Å²) in [5.41, 5.74) is 4.31. The van der Waals surface area contributed by atoms with Gasteiger partial charge in [0.2, 0.25) is 0 Å². The Hall–Kier alpha value is -2.18. The van der Waals surface area contributed by atoms with E-state index in [1.54, 1.807) is 11.8 Å². The molecule has 0 fully saturated rings. The van der Waals surface area contributed by atoms with E-state index in [0.717, 1.165) is 38.5 Å². The predicted octanol–water partition coefficient (Wildman–Crippen LogP) is 6.32. The van der Waals surface area contributed by atoms with Crippen LogP contribution in [0.2, 0.25) is 0 Å². The highest BCUT2D eigenvalue weighted by Gasteiger charge is 2.44. The van der Waals surface area contributed by atoms with Crippen molar-refractivity contribution in [1.82, 2.24) is 0 Å². The lowest BCUT2D eigenvalue weighted by atomic mass is 9.69. The van der Waals surface area contributed by atoms with Crippen molar-refractivity contribution in [2.24, 2.45) is 10.9 Å². The van der Waals surface area contributed by atoms with E-state index in [4.69, 9.17) is 9.73 Å². The number of ether oxygens (including phenoxy) is 1. The zero-order valence-corrected chi connectivity index (χ0v) is 21.3. The highest BCUT2D eigenvalue weighted by Crippen LogP contribution is 2.46. The molecular formula is C27H28BrNO3S. The van der Waals surface area contributed by atoms with Crippen LogP contribution >= 0.6 is 27.7 Å². The molecule has 6 heteroatoms. The number of hydrogen-bond acceptors (Lipinski definition) is 5. The Kier molecular flexibility index (Phi) is 7.86. The first kappa shape index (κ1) is 24.0. The van der Waals surface area contributed by atoms with Gasteiger partial charge in [-0.3, -0.25) is 14.6 Å². The van der Waals surface area contributed by atoms with Gasteiger partial charge in [0, 0.05) is 39.5 Å². The van der Waals surface area contributed by atoms with Crippen LogP contribution in [0, 0.1) is 5.92 Å². The third kappa shape index (κ3) is 5.33. The topological polar surface area (TPSA) is 55.7 Å². The Bertz CT molecular complexity index is 1080. The number of Topliss-reactive ketones (excluding diaryl/α,β-unsaturated/α-hetero) is 1. The van der Waals surface area contributed by atoms with Crippen LogP contribution in [0.4, 0.5) is 0 Å². The minimum atomic E-state index is -0.589. The molecule has 0 spiro atoms. The van der Waals surface area contributed by atoms with Crippen molar-refractivity contribution >= 4 is 45.2 Å². The molecular weight excluding hydrogens is 498 g/mol. The maximum atomic E-state index is 13.5. The number of nitrogens with zero attached hydrogens (tertiary/aromatic N) is 1. The van der Waals surface area contributed by atoms with Crippen molar-refractivity contribution in [3.63, 3.8) is 0 Å². The summed E-state index contributed by atoms with van der Waals surface area (Å²) in [6, 6.07) is 18.0. The van der Waals surface area contributed by atoms with Crippen LogP contribution in [-0.2, 0) is 14.3 Å². The molecule has 1 aliphatic carbocycles. The van der Waals surface area contributed by atoms with Crippen LogP contribution in [0.3, 0.4) is 0 Å². The normalized spacial score (nSPS) is 22.6. The van der Waals surface area contributed by atoms with Crippen molar-refractivity contribution in [3.05, 3.63) is 81.5 Å². The van der Waals surface area contributed by atoms with Crippen LogP contribution in [0.1, 0.15) is 49.7 Å². The van der Waals surface area contributed by atoms with Gasteiger partial charge < -0.3 is 4.74 Å². The van der Waals surface area contributed by atoms with Gasteiger partial charge in [0.25, 0.3) is 0 Å². The minimum Gasteiger partial charge on any atom is -0.464 e. The van der Waals surface area contributed by atoms with Gasteiger partial charge in [-0.05, 0) is 48.3 Å². The van der Waals surface area contributed by atoms with Gasteiger partial charge in [-0.1, -0.05) is 65.3 Å². The van der Waals surface area contributed by atoms with Gasteiger partial charge in [0.15, 0.2) is 5.78 Å². The molecule has 0 N–H and O–H groups in total. The van der Waals surface area contributed by atoms with E-state index in [-0.39, 0.29) is 23.6 Å². The van der Waals surface area contributed by atoms with Gasteiger partial charge in [-0.15, -0.1) is 0 Å². The average molecular weight is 526 g/mol. The number of rotatable bonds is 7. The van der Waals surface area contributed by atoms with Crippen LogP contribution in [0.15, 0.2) is 75.3 Å². The second-order valence-electron chi connectivity index (χ2n) is 8.42. The first-order valence-corrected chi connectivity index (χ1v) is 13.3. The van der Waals surface area contributed by atoms with E-state index in [1.807, 2.05) is 49.4 Å². The van der Waals surface area contributed by atoms with Crippen LogP contribution in [-0.4, -0.2) is 35.6 Å². The Labute approximate surface area is 208 Å². The minimum absolute atomic E-state index is 0.0774. The van der Waals surface area contributed by atoms with Crippen LogP contribution < -0.4 is 0 Å². The lowest BCUT2D eigenvalue weighted by molar-refractivity contribution is -0.145. The van der Waals surface area contributed by atoms with E-state index in [2.05, 4.69) is 35.0 Å². The van der Waals surface area contributed by atoms with E-state index >= 15 is 0 Å². The number of ketones is 1. The molecule has 1 unspecified atom stereocenters. The number of aliphatic imine (C=N–C) groups is 1. The fourth-order valence-electron chi connectivity index (χ4n) is 4.79. The van der Waals surface area contributed by atoms with Crippen molar-refractivity contribution in [2.75, 3.05) is 18.1 Å². The van der Waals surface area contributed by atoms with E-state index in [1.165, 1.54) is 0 Å². The number of hydrogen-bond donors (Lipinski definition) is 0. The highest BCUT2D eigenvalue weighted by atomic mass is 79.9. The third-order valence-corrected chi connectivity index (χ3v) is 7.71. The molecule has 1 aliphatic heterocycles. The zero-order valence-electron chi connectivity index (χ0n) is 18.9. The molecule has 172 valence electrons. The summed E-state index contributed by atoms with van der Waals surface area (Å²) in [4.78, 5) is 31.6. The SMILES string of the molecule is CCSCCOC(=O)C1C(C)=NC2=C(C(=O)C[C@H](c3ccccc3)C2)[C@H]1c1ccc(Br)cc1. The number of benzene rings is 2. The Morgan fingerprint density at radius 3 is 2.52 bits per heavy atom. The predicted molar refractivity (Wildman–Crippen MR) is 138 cm³/mol. The quantitative estimate of drug-likeness (QED) is 0.313. The van der Waals surface area contributed by atoms with Crippen molar-refractivity contribution in [2.45, 2.75) is 38.5 Å². The highest BCUT2D eigenvalue weighted by molar-refractivity contribution is 9.10. The Morgan fingerprint density at radius 1 is 1.09 bits per heavy atom. The third-order valence-electron chi connectivity index (χ3n) is 6.32. The molecule has 33 heavy (non-hydrogen) atoms. The van der Waals surface area contributed by atoms with E-state index < -0.39 is 5.92 Å². The summed E-state index contributed by atoms with van der Waals surface area (Å²) in [6.07, 6.45) is 1.13. The molecule has 2 aromatic carbocycles. The molecule has 0 bridgehead atoms. The number of esters is 1. The van der Waals surface area contributed by atoms with Crippen molar-refractivity contribution in [1.29, 1.82) is 0 Å². The molecule has 0 saturated carbocycles. The van der Waals surface area contributed by atoms with Crippen molar-refractivity contribution in [3.8, 4) is 0 Å². The molecule has 0 radical (unpaired) electrons. The molecule has 4 rings (SSSR count). The number of thioether (sulfide) groups is 1. The number of allylic oxidation sites excluding steroid dienone is 2. The average Bonchev–Trinajstić information content (AvgIpc) is 2.82. The van der Waals surface area contributed by atoms with E-state index in [0.29, 0.717) is 25.0 Å². The molecule has 0 aromatic heterocycles. The second kappa shape index (κ2) is 10.8. The maximum Gasteiger partial charge on any atom is 0.315 e. The number of carbonyl (C=O) groups is 2. The smallest absolute Gasteiger partial charge is 0.315 e. The first-order chi connectivity index (χ1) is 16.0. The summed E-state index contributed by atoms with van der Waals surface area (Å²) in [7, 11) is 0. The zero-order chi connectivity index (χ0) is 23.4. The van der Waals surface area contributed by atoms with Crippen LogP contribution in [0.25, 0.3) is 0 Å². The monoisotopic (exact) mass is 525 g/mol. The van der Waals surface area contributed by atoms with Gasteiger partial charge >= 0.3 is 5.97 Å². The molecule has 2 aromatic rings. The molecule has 2 aliphatic rings. The molecule has 3 atom stereocenters. The molecule has 1 heterocycles. The van der Waals surface area contributed by atoms with Crippen LogP contribution in [0.5, 0.6) is 0 Å². The fourth-order valence-corrected chi connectivity index (χ4v) is 5.55. The molecule has 0 amide bonds. The maximum absolute atomic E-state index is 13.5. The summed E-state index contributed by atoms with van der Waals surface area (Å²) < 4.78 is 6.61. The van der Waals surface area contributed by atoms with E-state index in [9.17, 15) is 9.59 Å². The summed E-state index contributed by atoms with van der Waals surface area (Å²) >= 11 is 5.23. The number of halogens is 1. The molecule has 0 saturated heterocycles. The Morgan fingerprint density at radius 2 is 1.82 bits per heavy atom. The fraction of sp³-hybridized carbons (Fsp3) is 0.370. The Balaban J connectivity index is 1.70. The summed E-state index contributed by atoms with van der Waals surface area (Å²) in [5.74, 6) is 0.666. The summed E-state index contributed by atoms with van der Waals surface area (Å²) in [6.45, 7) is 4.34. The van der Waals surface area contributed by atoms with Gasteiger partial charge in [0.1, 0.15) is 12.5 Å².